The Morgan fingerprint density at radius 1 is 0.933 bits per heavy atom. The molecule has 2 aromatic rings. The van der Waals surface area contributed by atoms with Crippen molar-refractivity contribution in [2.45, 2.75) is 9.65 Å². The van der Waals surface area contributed by atoms with E-state index in [0.717, 1.165) is 10.8 Å². The van der Waals surface area contributed by atoms with Crippen molar-refractivity contribution in [3.8, 4) is 0 Å². The van der Waals surface area contributed by atoms with Gasteiger partial charge in [0.2, 0.25) is 0 Å². The van der Waals surface area contributed by atoms with Crippen LogP contribution in [-0.2, 0) is 0 Å². The second kappa shape index (κ2) is 3.29. The summed E-state index contributed by atoms with van der Waals surface area (Å²) in [6.07, 6.45) is 0. The first-order valence-corrected chi connectivity index (χ1v) is 6.52. The van der Waals surface area contributed by atoms with Gasteiger partial charge in [0.05, 0.1) is 9.65 Å². The van der Waals surface area contributed by atoms with Crippen molar-refractivity contribution in [1.82, 2.24) is 0 Å². The van der Waals surface area contributed by atoms with Crippen LogP contribution in [0.2, 0.25) is 0 Å². The van der Waals surface area contributed by atoms with E-state index in [1.807, 2.05) is 24.3 Å². The first kappa shape index (κ1) is 9.79. The van der Waals surface area contributed by atoms with Crippen LogP contribution in [0.15, 0.2) is 30.3 Å². The molecule has 1 aliphatic rings. The molecular formula is C12H7Br2F. The Hall–Kier alpha value is -0.410. The molecule has 3 rings (SSSR count). The third-order valence-electron chi connectivity index (χ3n) is 2.90. The lowest BCUT2D eigenvalue weighted by atomic mass is 10.0. The number of hydrogen-bond acceptors (Lipinski definition) is 0. The Morgan fingerprint density at radius 3 is 2.33 bits per heavy atom. The zero-order chi connectivity index (χ0) is 10.6. The predicted molar refractivity (Wildman–Crippen MR) is 67.2 cm³/mol. The minimum absolute atomic E-state index is 0.142. The third-order valence-corrected chi connectivity index (χ3v) is 5.66. The molecule has 3 heteroatoms. The van der Waals surface area contributed by atoms with Gasteiger partial charge in [0.15, 0.2) is 0 Å². The summed E-state index contributed by atoms with van der Waals surface area (Å²) >= 11 is 7.26. The predicted octanol–water partition coefficient (Wildman–Crippen LogP) is 4.86. The van der Waals surface area contributed by atoms with E-state index >= 15 is 0 Å². The quantitative estimate of drug-likeness (QED) is 0.605. The second-order valence-electron chi connectivity index (χ2n) is 3.71. The van der Waals surface area contributed by atoms with Gasteiger partial charge < -0.3 is 0 Å². The highest BCUT2D eigenvalue weighted by atomic mass is 79.9. The van der Waals surface area contributed by atoms with Crippen molar-refractivity contribution in [3.63, 3.8) is 0 Å². The molecule has 0 spiro atoms. The van der Waals surface area contributed by atoms with E-state index in [2.05, 4.69) is 31.9 Å². The van der Waals surface area contributed by atoms with Crippen LogP contribution >= 0.6 is 31.9 Å². The maximum absolute atomic E-state index is 13.6. The monoisotopic (exact) mass is 328 g/mol. The van der Waals surface area contributed by atoms with Crippen LogP contribution in [-0.4, -0.2) is 0 Å². The smallest absolute Gasteiger partial charge is 0.131 e. The van der Waals surface area contributed by atoms with Crippen LogP contribution in [0.3, 0.4) is 0 Å². The van der Waals surface area contributed by atoms with Crippen molar-refractivity contribution in [2.24, 2.45) is 0 Å². The molecular weight excluding hydrogens is 323 g/mol. The maximum atomic E-state index is 13.6. The normalized spacial score (nSPS) is 23.7. The molecule has 76 valence electrons. The van der Waals surface area contributed by atoms with Gasteiger partial charge in [-0.25, -0.2) is 4.39 Å². The van der Waals surface area contributed by atoms with Gasteiger partial charge in [0, 0.05) is 5.39 Å². The van der Waals surface area contributed by atoms with E-state index in [9.17, 15) is 4.39 Å². The molecule has 0 fully saturated rings. The number of hydrogen-bond donors (Lipinski definition) is 0. The summed E-state index contributed by atoms with van der Waals surface area (Å²) in [5.41, 5.74) is 2.34. The first-order chi connectivity index (χ1) is 7.20. The van der Waals surface area contributed by atoms with E-state index in [1.54, 1.807) is 6.07 Å². The van der Waals surface area contributed by atoms with Crippen LogP contribution < -0.4 is 0 Å². The fourth-order valence-corrected chi connectivity index (χ4v) is 3.53. The van der Waals surface area contributed by atoms with Gasteiger partial charge in [-0.1, -0.05) is 56.1 Å². The summed E-state index contributed by atoms with van der Waals surface area (Å²) in [6.45, 7) is 0. The maximum Gasteiger partial charge on any atom is 0.131 e. The summed E-state index contributed by atoms with van der Waals surface area (Å²) in [5.74, 6) is -0.142. The molecule has 0 saturated carbocycles. The Morgan fingerprint density at radius 2 is 1.60 bits per heavy atom. The highest BCUT2D eigenvalue weighted by molar-refractivity contribution is 9.12. The Kier molecular flexibility index (Phi) is 2.15. The molecule has 0 aliphatic heterocycles. The molecule has 0 heterocycles. The Bertz CT molecular complexity index is 536. The molecule has 0 nitrogen and oxygen atoms in total. The summed E-state index contributed by atoms with van der Waals surface area (Å²) < 4.78 is 13.6. The van der Waals surface area contributed by atoms with Crippen LogP contribution in [0.25, 0.3) is 10.8 Å². The lowest BCUT2D eigenvalue weighted by molar-refractivity contribution is 0.639. The second-order valence-corrected chi connectivity index (χ2v) is 5.68. The molecule has 2 atom stereocenters. The average Bonchev–Trinajstić information content (AvgIpc) is 2.50. The van der Waals surface area contributed by atoms with Gasteiger partial charge in [0.1, 0.15) is 5.82 Å². The van der Waals surface area contributed by atoms with Crippen LogP contribution in [0.4, 0.5) is 4.39 Å². The average molecular weight is 330 g/mol. The summed E-state index contributed by atoms with van der Waals surface area (Å²) in [4.78, 5) is 0.469. The molecule has 0 saturated heterocycles. The molecule has 2 aromatic carbocycles. The number of alkyl halides is 2. The van der Waals surface area contributed by atoms with Crippen LogP contribution in [0.5, 0.6) is 0 Å². The molecule has 0 bridgehead atoms. The minimum Gasteiger partial charge on any atom is -0.206 e. The fraction of sp³-hybridized carbons (Fsp3) is 0.167. The lowest BCUT2D eigenvalue weighted by Gasteiger charge is -2.06. The van der Waals surface area contributed by atoms with Crippen molar-refractivity contribution < 1.29 is 4.39 Å². The third kappa shape index (κ3) is 1.23. The van der Waals surface area contributed by atoms with Gasteiger partial charge in [-0.05, 0) is 22.6 Å². The van der Waals surface area contributed by atoms with Gasteiger partial charge in [-0.2, -0.15) is 0 Å². The van der Waals surface area contributed by atoms with Gasteiger partial charge in [0.25, 0.3) is 0 Å². The zero-order valence-corrected chi connectivity index (χ0v) is 10.8. The lowest BCUT2D eigenvalue weighted by Crippen LogP contribution is -1.87. The van der Waals surface area contributed by atoms with E-state index in [4.69, 9.17) is 0 Å². The molecule has 0 N–H and O–H groups in total. The van der Waals surface area contributed by atoms with Crippen molar-refractivity contribution >= 4 is 42.6 Å². The number of rotatable bonds is 0. The Labute approximate surface area is 104 Å². The summed E-state index contributed by atoms with van der Waals surface area (Å²) in [6, 6.07) is 9.20. The van der Waals surface area contributed by atoms with Crippen molar-refractivity contribution in [2.75, 3.05) is 0 Å². The number of halogens is 3. The molecule has 0 amide bonds. The van der Waals surface area contributed by atoms with Crippen molar-refractivity contribution in [3.05, 3.63) is 47.3 Å². The molecule has 0 unspecified atom stereocenters. The summed E-state index contributed by atoms with van der Waals surface area (Å²) in [5, 5.41) is 1.78. The van der Waals surface area contributed by atoms with E-state index < -0.39 is 0 Å². The van der Waals surface area contributed by atoms with Crippen LogP contribution in [0, 0.1) is 5.82 Å². The van der Waals surface area contributed by atoms with Gasteiger partial charge >= 0.3 is 0 Å². The largest absolute Gasteiger partial charge is 0.206 e. The fourth-order valence-electron chi connectivity index (χ4n) is 2.20. The van der Waals surface area contributed by atoms with Crippen LogP contribution in [0.1, 0.15) is 20.8 Å². The number of benzene rings is 2. The zero-order valence-electron chi connectivity index (χ0n) is 7.68. The minimum atomic E-state index is -0.142. The Balaban J connectivity index is 2.51. The van der Waals surface area contributed by atoms with E-state index in [1.165, 1.54) is 11.1 Å². The standard InChI is InChI=1S/C12H7Br2F/c13-11-7-3-1-2-6-9(15)5-4-8(10(6)7)12(11)14/h1-5,11-12H/t11-,12+/m1/s1. The van der Waals surface area contributed by atoms with Gasteiger partial charge in [-0.3, -0.25) is 0 Å². The SMILES string of the molecule is Fc1ccc2c3c(cccc13)[C@@H](Br)[C@H]2Br. The molecule has 15 heavy (non-hydrogen) atoms. The first-order valence-electron chi connectivity index (χ1n) is 4.69. The van der Waals surface area contributed by atoms with Crippen molar-refractivity contribution in [1.29, 1.82) is 0 Å². The topological polar surface area (TPSA) is 0 Å². The molecule has 0 radical (unpaired) electrons. The summed E-state index contributed by atoms with van der Waals surface area (Å²) in [7, 11) is 0. The van der Waals surface area contributed by atoms with E-state index in [-0.39, 0.29) is 15.5 Å². The molecule has 1 aliphatic carbocycles. The highest BCUT2D eigenvalue weighted by Gasteiger charge is 2.31. The van der Waals surface area contributed by atoms with Gasteiger partial charge in [-0.15, -0.1) is 0 Å². The highest BCUT2D eigenvalue weighted by Crippen LogP contribution is 2.52. The molecule has 0 aromatic heterocycles. The van der Waals surface area contributed by atoms with E-state index in [0.29, 0.717) is 0 Å².